The highest BCUT2D eigenvalue weighted by Crippen LogP contribution is 2.45. The molecular formula is C7H9NO2. The van der Waals surface area contributed by atoms with Crippen molar-refractivity contribution in [1.82, 2.24) is 4.90 Å². The fourth-order valence-corrected chi connectivity index (χ4v) is 1.93. The summed E-state index contributed by atoms with van der Waals surface area (Å²) in [5, 5.41) is 0. The second-order valence-corrected chi connectivity index (χ2v) is 3.36. The highest BCUT2D eigenvalue weighted by Gasteiger charge is 2.55. The molecule has 0 spiro atoms. The molecule has 0 bridgehead atoms. The number of hydrogen-bond acceptors (Lipinski definition) is 2. The molecule has 2 heterocycles. The third-order valence-electron chi connectivity index (χ3n) is 2.69. The minimum atomic E-state index is 0.163. The molecule has 10 heavy (non-hydrogen) atoms. The van der Waals surface area contributed by atoms with Crippen LogP contribution in [0.1, 0.15) is 12.8 Å². The molecule has 3 fully saturated rings. The van der Waals surface area contributed by atoms with Crippen molar-refractivity contribution in [1.29, 1.82) is 0 Å². The normalized spacial score (nSPS) is 49.4. The number of ether oxygens (including phenoxy) is 1. The summed E-state index contributed by atoms with van der Waals surface area (Å²) in [6.45, 7) is 0.888. The third kappa shape index (κ3) is 0.440. The Morgan fingerprint density at radius 3 is 3.20 bits per heavy atom. The molecule has 2 aliphatic heterocycles. The number of amides is 1. The van der Waals surface area contributed by atoms with Gasteiger partial charge in [-0.1, -0.05) is 0 Å². The Bertz CT molecular complexity index is 202. The fraction of sp³-hybridized carbons (Fsp3) is 0.857. The van der Waals surface area contributed by atoms with E-state index in [1.807, 2.05) is 4.90 Å². The lowest BCUT2D eigenvalue weighted by Gasteiger charge is -2.43. The van der Waals surface area contributed by atoms with Gasteiger partial charge in [-0.3, -0.25) is 4.79 Å². The van der Waals surface area contributed by atoms with Gasteiger partial charge >= 0.3 is 0 Å². The zero-order chi connectivity index (χ0) is 6.72. The fourth-order valence-electron chi connectivity index (χ4n) is 1.93. The summed E-state index contributed by atoms with van der Waals surface area (Å²) in [5.74, 6) is 0.970. The van der Waals surface area contributed by atoms with E-state index in [1.54, 1.807) is 0 Å². The molecule has 3 unspecified atom stereocenters. The van der Waals surface area contributed by atoms with Gasteiger partial charge in [0.2, 0.25) is 5.91 Å². The quantitative estimate of drug-likeness (QED) is 0.441. The van der Waals surface area contributed by atoms with Crippen LogP contribution in [0, 0.1) is 5.92 Å². The molecule has 0 aromatic heterocycles. The van der Waals surface area contributed by atoms with E-state index in [4.69, 9.17) is 4.74 Å². The lowest BCUT2D eigenvalue weighted by atomic mass is 10.1. The van der Waals surface area contributed by atoms with Crippen molar-refractivity contribution in [3.63, 3.8) is 0 Å². The van der Waals surface area contributed by atoms with Crippen LogP contribution in [0.5, 0.6) is 0 Å². The molecule has 1 amide bonds. The lowest BCUT2D eigenvalue weighted by Crippen LogP contribution is -2.57. The average Bonchev–Trinajstić information content (AvgIpc) is 2.61. The Balaban J connectivity index is 1.87. The number of carbonyl (C=O) groups excluding carboxylic acids is 1. The number of carbonyl (C=O) groups is 1. The van der Waals surface area contributed by atoms with Gasteiger partial charge < -0.3 is 9.64 Å². The van der Waals surface area contributed by atoms with Gasteiger partial charge in [-0.15, -0.1) is 0 Å². The van der Waals surface area contributed by atoms with Gasteiger partial charge in [0.25, 0.3) is 0 Å². The summed E-state index contributed by atoms with van der Waals surface area (Å²) < 4.78 is 5.41. The summed E-state index contributed by atoms with van der Waals surface area (Å²) >= 11 is 0. The Hall–Kier alpha value is -0.570. The first kappa shape index (κ1) is 5.13. The summed E-state index contributed by atoms with van der Waals surface area (Å²) in [6, 6.07) is 0.569. The maximum absolute atomic E-state index is 10.9. The van der Waals surface area contributed by atoms with Crippen LogP contribution in [-0.4, -0.2) is 29.7 Å². The molecule has 3 aliphatic rings. The van der Waals surface area contributed by atoms with Gasteiger partial charge in [0.1, 0.15) is 6.23 Å². The van der Waals surface area contributed by atoms with E-state index in [1.165, 1.54) is 6.42 Å². The summed E-state index contributed by atoms with van der Waals surface area (Å²) in [5.41, 5.74) is 0. The zero-order valence-electron chi connectivity index (χ0n) is 5.62. The molecule has 1 saturated carbocycles. The average molecular weight is 139 g/mol. The monoisotopic (exact) mass is 139 g/mol. The van der Waals surface area contributed by atoms with E-state index in [0.29, 0.717) is 18.4 Å². The Labute approximate surface area is 58.9 Å². The molecule has 3 heteroatoms. The standard InChI is InChI=1S/C7H9NO2/c9-6-2-7-8(6)5-1-4(5)3-10-7/h4-5,7H,1-3H2. The molecule has 0 aromatic carbocycles. The van der Waals surface area contributed by atoms with E-state index in [2.05, 4.69) is 0 Å². The molecule has 3 nitrogen and oxygen atoms in total. The van der Waals surface area contributed by atoms with Crippen LogP contribution in [-0.2, 0) is 9.53 Å². The lowest BCUT2D eigenvalue weighted by molar-refractivity contribution is -0.187. The molecule has 0 N–H and O–H groups in total. The molecule has 0 radical (unpaired) electrons. The van der Waals surface area contributed by atoms with Crippen LogP contribution < -0.4 is 0 Å². The summed E-state index contributed by atoms with van der Waals surface area (Å²) in [6.07, 6.45) is 1.97. The third-order valence-corrected chi connectivity index (χ3v) is 2.69. The molecule has 3 atom stereocenters. The second-order valence-electron chi connectivity index (χ2n) is 3.36. The van der Waals surface area contributed by atoms with E-state index in [0.717, 1.165) is 6.61 Å². The number of nitrogens with zero attached hydrogens (tertiary/aromatic N) is 1. The SMILES string of the molecule is O=C1CC2OCC3CC3N12. The highest BCUT2D eigenvalue weighted by molar-refractivity contribution is 5.83. The van der Waals surface area contributed by atoms with Crippen LogP contribution in [0.4, 0.5) is 0 Å². The molecule has 2 saturated heterocycles. The van der Waals surface area contributed by atoms with Crippen molar-refractivity contribution < 1.29 is 9.53 Å². The zero-order valence-corrected chi connectivity index (χ0v) is 5.62. The molecule has 3 rings (SSSR count). The van der Waals surface area contributed by atoms with Gasteiger partial charge in [-0.25, -0.2) is 0 Å². The Morgan fingerprint density at radius 2 is 2.50 bits per heavy atom. The maximum atomic E-state index is 10.9. The largest absolute Gasteiger partial charge is 0.357 e. The number of rotatable bonds is 0. The van der Waals surface area contributed by atoms with E-state index < -0.39 is 0 Å². The van der Waals surface area contributed by atoms with Crippen molar-refractivity contribution in [3.8, 4) is 0 Å². The summed E-state index contributed by atoms with van der Waals surface area (Å²) in [7, 11) is 0. The van der Waals surface area contributed by atoms with Crippen molar-refractivity contribution >= 4 is 5.91 Å². The molecule has 54 valence electrons. The van der Waals surface area contributed by atoms with Crippen molar-refractivity contribution in [2.75, 3.05) is 6.61 Å². The van der Waals surface area contributed by atoms with E-state index in [9.17, 15) is 4.79 Å². The van der Waals surface area contributed by atoms with Crippen LogP contribution in [0.15, 0.2) is 0 Å². The van der Waals surface area contributed by atoms with E-state index >= 15 is 0 Å². The van der Waals surface area contributed by atoms with Crippen LogP contribution >= 0.6 is 0 Å². The minimum absolute atomic E-state index is 0.163. The second kappa shape index (κ2) is 1.37. The Morgan fingerprint density at radius 1 is 1.60 bits per heavy atom. The topological polar surface area (TPSA) is 29.5 Å². The van der Waals surface area contributed by atoms with Gasteiger partial charge in [-0.2, -0.15) is 0 Å². The van der Waals surface area contributed by atoms with Gasteiger partial charge in [-0.05, 0) is 6.42 Å². The first-order valence-corrected chi connectivity index (χ1v) is 3.79. The number of hydrogen-bond donors (Lipinski definition) is 0. The van der Waals surface area contributed by atoms with Crippen molar-refractivity contribution in [2.24, 2.45) is 5.92 Å². The van der Waals surface area contributed by atoms with Gasteiger partial charge in [0, 0.05) is 12.0 Å². The van der Waals surface area contributed by atoms with E-state index in [-0.39, 0.29) is 12.1 Å². The van der Waals surface area contributed by atoms with Crippen LogP contribution in [0.3, 0.4) is 0 Å². The molecular weight excluding hydrogens is 130 g/mol. The maximum Gasteiger partial charge on any atom is 0.229 e. The Kier molecular flexibility index (Phi) is 0.703. The first-order valence-electron chi connectivity index (χ1n) is 3.79. The van der Waals surface area contributed by atoms with Crippen molar-refractivity contribution in [3.05, 3.63) is 0 Å². The molecule has 0 aromatic rings. The molecule has 1 aliphatic carbocycles. The predicted molar refractivity (Wildman–Crippen MR) is 33.1 cm³/mol. The summed E-state index contributed by atoms with van der Waals surface area (Å²) in [4.78, 5) is 12.9. The first-order chi connectivity index (χ1) is 4.86. The van der Waals surface area contributed by atoms with Crippen LogP contribution in [0.2, 0.25) is 0 Å². The van der Waals surface area contributed by atoms with Crippen LogP contribution in [0.25, 0.3) is 0 Å². The number of fused-ring (bicyclic) bond motifs is 3. The van der Waals surface area contributed by atoms with Gasteiger partial charge in [0.05, 0.1) is 13.0 Å². The highest BCUT2D eigenvalue weighted by atomic mass is 16.5. The van der Waals surface area contributed by atoms with Crippen molar-refractivity contribution in [2.45, 2.75) is 25.1 Å². The van der Waals surface area contributed by atoms with Gasteiger partial charge in [0.15, 0.2) is 0 Å². The number of β-lactam (4-membered cyclic amide) rings is 1. The smallest absolute Gasteiger partial charge is 0.229 e. The predicted octanol–water partition coefficient (Wildman–Crippen LogP) is -0.0365. The minimum Gasteiger partial charge on any atom is -0.357 e.